The molecular weight excluding hydrogens is 234 g/mol. The summed E-state index contributed by atoms with van der Waals surface area (Å²) in [6.45, 7) is 7.08. The maximum Gasteiger partial charge on any atom is 0.514 e. The minimum Gasteiger partial charge on any atom is -0.441 e. The molecule has 0 aliphatic rings. The Morgan fingerprint density at radius 2 is 2.06 bits per heavy atom. The van der Waals surface area contributed by atoms with Crippen molar-refractivity contribution >= 4 is 17.3 Å². The summed E-state index contributed by atoms with van der Waals surface area (Å²) in [6.07, 6.45) is -0.738. The summed E-state index contributed by atoms with van der Waals surface area (Å²) in [4.78, 5) is 15.6. The Morgan fingerprint density at radius 1 is 1.33 bits per heavy atom. The second-order valence-corrected chi connectivity index (χ2v) is 4.93. The fourth-order valence-electron chi connectivity index (χ4n) is 1.45. The first-order chi connectivity index (χ1) is 8.33. The smallest absolute Gasteiger partial charge is 0.441 e. The topological polar surface area (TPSA) is 61.6 Å². The van der Waals surface area contributed by atoms with Gasteiger partial charge in [0.25, 0.3) is 0 Å². The lowest BCUT2D eigenvalue weighted by Gasteiger charge is -2.18. The van der Waals surface area contributed by atoms with E-state index in [0.29, 0.717) is 17.2 Å². The normalized spacial score (nSPS) is 11.6. The Balaban J connectivity index is 2.14. The van der Waals surface area contributed by atoms with Gasteiger partial charge in [0.15, 0.2) is 11.5 Å². The summed E-state index contributed by atoms with van der Waals surface area (Å²) < 4.78 is 15.5. The van der Waals surface area contributed by atoms with E-state index in [4.69, 9.17) is 13.9 Å². The molecule has 0 N–H and O–H groups in total. The van der Waals surface area contributed by atoms with E-state index in [1.54, 1.807) is 45.9 Å². The van der Waals surface area contributed by atoms with Crippen LogP contribution in [0.1, 0.15) is 26.7 Å². The van der Waals surface area contributed by atoms with E-state index in [-0.39, 0.29) is 0 Å². The van der Waals surface area contributed by atoms with Crippen LogP contribution in [0.3, 0.4) is 0 Å². The van der Waals surface area contributed by atoms with Crippen molar-refractivity contribution in [2.24, 2.45) is 0 Å². The number of benzene rings is 1. The number of aryl methyl sites for hydroxylation is 1. The molecule has 0 amide bonds. The number of carbonyl (C=O) groups is 1. The second-order valence-electron chi connectivity index (χ2n) is 4.93. The maximum absolute atomic E-state index is 11.5. The van der Waals surface area contributed by atoms with Gasteiger partial charge in [-0.25, -0.2) is 9.78 Å². The van der Waals surface area contributed by atoms with Crippen LogP contribution < -0.4 is 4.74 Å². The van der Waals surface area contributed by atoms with Gasteiger partial charge < -0.3 is 13.9 Å². The first-order valence-electron chi connectivity index (χ1n) is 5.61. The summed E-state index contributed by atoms with van der Waals surface area (Å²) in [5.41, 5.74) is 0.724. The zero-order valence-corrected chi connectivity index (χ0v) is 10.8. The van der Waals surface area contributed by atoms with Gasteiger partial charge in [0.2, 0.25) is 0 Å². The van der Waals surface area contributed by atoms with Crippen LogP contribution in [0.2, 0.25) is 0 Å². The molecule has 0 unspecified atom stereocenters. The highest BCUT2D eigenvalue weighted by Gasteiger charge is 2.18. The van der Waals surface area contributed by atoms with Crippen LogP contribution in [0, 0.1) is 6.92 Å². The molecule has 0 radical (unpaired) electrons. The van der Waals surface area contributed by atoms with Gasteiger partial charge in [0.1, 0.15) is 16.9 Å². The number of aromatic nitrogens is 1. The Hall–Kier alpha value is -2.04. The summed E-state index contributed by atoms with van der Waals surface area (Å²) in [5, 5.41) is 0. The van der Waals surface area contributed by atoms with E-state index in [1.807, 2.05) is 0 Å². The highest BCUT2D eigenvalue weighted by atomic mass is 16.7. The van der Waals surface area contributed by atoms with Gasteiger partial charge in [-0.05, 0) is 32.9 Å². The largest absolute Gasteiger partial charge is 0.514 e. The molecule has 0 saturated heterocycles. The van der Waals surface area contributed by atoms with E-state index >= 15 is 0 Å². The van der Waals surface area contributed by atoms with Gasteiger partial charge in [0, 0.05) is 13.0 Å². The molecule has 0 aliphatic carbocycles. The highest BCUT2D eigenvalue weighted by molar-refractivity contribution is 5.75. The number of ether oxygens (including phenoxy) is 2. The van der Waals surface area contributed by atoms with Crippen molar-refractivity contribution in [3.8, 4) is 5.75 Å². The molecule has 96 valence electrons. The minimum absolute atomic E-state index is 0.368. The van der Waals surface area contributed by atoms with Crippen molar-refractivity contribution in [3.63, 3.8) is 0 Å². The highest BCUT2D eigenvalue weighted by Crippen LogP contribution is 2.22. The Labute approximate surface area is 105 Å². The van der Waals surface area contributed by atoms with Gasteiger partial charge in [-0.3, -0.25) is 0 Å². The van der Waals surface area contributed by atoms with Gasteiger partial charge in [0.05, 0.1) is 0 Å². The number of nitrogens with zero attached hydrogens (tertiary/aromatic N) is 1. The lowest BCUT2D eigenvalue weighted by molar-refractivity contribution is 0.0206. The number of oxazole rings is 1. The first kappa shape index (κ1) is 12.4. The molecule has 0 fully saturated rings. The molecular formula is C13H15NO4. The van der Waals surface area contributed by atoms with Crippen LogP contribution in [-0.2, 0) is 4.74 Å². The van der Waals surface area contributed by atoms with E-state index < -0.39 is 11.8 Å². The third kappa shape index (κ3) is 3.00. The SMILES string of the molecule is Cc1nc2ccc(OC(=O)OC(C)(C)C)cc2o1. The molecule has 2 rings (SSSR count). The third-order valence-corrected chi connectivity index (χ3v) is 2.06. The Morgan fingerprint density at radius 3 is 2.72 bits per heavy atom. The molecule has 5 nitrogen and oxygen atoms in total. The average Bonchev–Trinajstić information content (AvgIpc) is 2.53. The van der Waals surface area contributed by atoms with Crippen molar-refractivity contribution in [1.82, 2.24) is 4.98 Å². The number of carbonyl (C=O) groups excluding carboxylic acids is 1. The summed E-state index contributed by atoms with van der Waals surface area (Å²) >= 11 is 0. The van der Waals surface area contributed by atoms with Gasteiger partial charge in [-0.15, -0.1) is 0 Å². The van der Waals surface area contributed by atoms with Gasteiger partial charge in [-0.2, -0.15) is 0 Å². The number of hydrogen-bond acceptors (Lipinski definition) is 5. The summed E-state index contributed by atoms with van der Waals surface area (Å²) in [5.74, 6) is 0.937. The van der Waals surface area contributed by atoms with Crippen LogP contribution in [0.25, 0.3) is 11.1 Å². The quantitative estimate of drug-likeness (QED) is 0.572. The van der Waals surface area contributed by atoms with Crippen molar-refractivity contribution in [2.75, 3.05) is 0 Å². The molecule has 0 aliphatic heterocycles. The monoisotopic (exact) mass is 249 g/mol. The molecule has 5 heteroatoms. The number of hydrogen-bond donors (Lipinski definition) is 0. The zero-order valence-electron chi connectivity index (χ0n) is 10.8. The molecule has 1 aromatic heterocycles. The van der Waals surface area contributed by atoms with Crippen LogP contribution in [0.4, 0.5) is 4.79 Å². The van der Waals surface area contributed by atoms with Crippen LogP contribution in [0.5, 0.6) is 5.75 Å². The fraction of sp³-hybridized carbons (Fsp3) is 0.385. The first-order valence-corrected chi connectivity index (χ1v) is 5.61. The Bertz CT molecular complexity index is 580. The van der Waals surface area contributed by atoms with E-state index in [9.17, 15) is 4.79 Å². The van der Waals surface area contributed by atoms with Crippen LogP contribution in [-0.4, -0.2) is 16.7 Å². The molecule has 0 spiro atoms. The van der Waals surface area contributed by atoms with Crippen LogP contribution in [0.15, 0.2) is 22.6 Å². The molecule has 0 bridgehead atoms. The van der Waals surface area contributed by atoms with E-state index in [2.05, 4.69) is 4.98 Å². The van der Waals surface area contributed by atoms with Crippen molar-refractivity contribution < 1.29 is 18.7 Å². The Kier molecular flexibility index (Phi) is 2.98. The standard InChI is InChI=1S/C13H15NO4/c1-8-14-10-6-5-9(7-11(10)16-8)17-12(15)18-13(2,3)4/h5-7H,1-4H3. The molecule has 1 aromatic carbocycles. The lowest BCUT2D eigenvalue weighted by atomic mass is 10.2. The predicted octanol–water partition coefficient (Wildman–Crippen LogP) is 3.45. The zero-order chi connectivity index (χ0) is 13.3. The molecule has 0 saturated carbocycles. The molecule has 1 heterocycles. The van der Waals surface area contributed by atoms with Crippen LogP contribution >= 0.6 is 0 Å². The molecule has 18 heavy (non-hydrogen) atoms. The fourth-order valence-corrected chi connectivity index (χ4v) is 1.45. The van der Waals surface area contributed by atoms with Crippen molar-refractivity contribution in [2.45, 2.75) is 33.3 Å². The maximum atomic E-state index is 11.5. The summed E-state index contributed by atoms with van der Waals surface area (Å²) in [7, 11) is 0. The van der Waals surface area contributed by atoms with Crippen molar-refractivity contribution in [1.29, 1.82) is 0 Å². The predicted molar refractivity (Wildman–Crippen MR) is 65.6 cm³/mol. The average molecular weight is 249 g/mol. The van der Waals surface area contributed by atoms with Gasteiger partial charge in [-0.1, -0.05) is 0 Å². The van der Waals surface area contributed by atoms with E-state index in [1.165, 1.54) is 0 Å². The number of rotatable bonds is 1. The third-order valence-electron chi connectivity index (χ3n) is 2.06. The van der Waals surface area contributed by atoms with Crippen molar-refractivity contribution in [3.05, 3.63) is 24.1 Å². The van der Waals surface area contributed by atoms with E-state index in [0.717, 1.165) is 5.52 Å². The lowest BCUT2D eigenvalue weighted by Crippen LogP contribution is -2.25. The molecule has 2 aromatic rings. The minimum atomic E-state index is -0.738. The summed E-state index contributed by atoms with van der Waals surface area (Å²) in [6, 6.07) is 4.99. The molecule has 0 atom stereocenters. The van der Waals surface area contributed by atoms with Gasteiger partial charge >= 0.3 is 6.16 Å². The number of fused-ring (bicyclic) bond motifs is 1. The second kappa shape index (κ2) is 4.33.